The third-order valence-corrected chi connectivity index (χ3v) is 8.28. The summed E-state index contributed by atoms with van der Waals surface area (Å²) in [6.07, 6.45) is 0.879. The lowest BCUT2D eigenvalue weighted by Crippen LogP contribution is -2.45. The fourth-order valence-electron chi connectivity index (χ4n) is 4.26. The molecule has 0 unspecified atom stereocenters. The largest absolute Gasteiger partial charge is 0.351 e. The zero-order valence-corrected chi connectivity index (χ0v) is 24.0. The van der Waals surface area contributed by atoms with Gasteiger partial charge in [0.2, 0.25) is 11.8 Å². The fraction of sp³-hybridized carbons (Fsp3) is 0.407. The number of nitrogens with zero attached hydrogens (tertiary/aromatic N) is 3. The highest BCUT2D eigenvalue weighted by molar-refractivity contribution is 7.10. The number of hydrogen-bond acceptors (Lipinski definition) is 9. The molecular weight excluding hydrogens is 550 g/mol. The lowest BCUT2D eigenvalue weighted by Gasteiger charge is -2.24. The molecule has 11 nitrogen and oxygen atoms in total. The Hall–Kier alpha value is -3.68. The highest BCUT2D eigenvalue weighted by Crippen LogP contribution is 2.27. The molecule has 1 aliphatic heterocycles. The molecule has 0 radical (unpaired) electrons. The summed E-state index contributed by atoms with van der Waals surface area (Å²) in [7, 11) is 0. The predicted molar refractivity (Wildman–Crippen MR) is 153 cm³/mol. The maximum absolute atomic E-state index is 13.2. The fourth-order valence-corrected chi connectivity index (χ4v) is 6.13. The number of benzene rings is 1. The summed E-state index contributed by atoms with van der Waals surface area (Å²) in [4.78, 5) is 62.0. The number of amides is 4. The molecule has 4 amide bonds. The first-order valence-corrected chi connectivity index (χ1v) is 14.8. The Kier molecular flexibility index (Phi) is 9.96. The molecule has 0 aliphatic carbocycles. The molecule has 1 aliphatic rings. The molecule has 0 saturated heterocycles. The molecule has 5 N–H and O–H groups in total. The van der Waals surface area contributed by atoms with Crippen LogP contribution in [0.15, 0.2) is 41.1 Å². The molecule has 0 fully saturated rings. The zero-order valence-electron chi connectivity index (χ0n) is 22.4. The van der Waals surface area contributed by atoms with Gasteiger partial charge < -0.3 is 26.6 Å². The van der Waals surface area contributed by atoms with E-state index in [2.05, 4.69) is 25.9 Å². The van der Waals surface area contributed by atoms with Gasteiger partial charge in [0.1, 0.15) is 21.4 Å². The molecular formula is C27H33N7O4S2. The predicted octanol–water partition coefficient (Wildman–Crippen LogP) is 2.05. The molecule has 1 aromatic carbocycles. The zero-order chi connectivity index (χ0) is 28.6. The quantitative estimate of drug-likeness (QED) is 0.366. The molecule has 13 heteroatoms. The summed E-state index contributed by atoms with van der Waals surface area (Å²) in [6.45, 7) is 4.02. The Morgan fingerprint density at radius 1 is 1.02 bits per heavy atom. The van der Waals surface area contributed by atoms with Crippen LogP contribution in [0.2, 0.25) is 0 Å². The third-order valence-electron chi connectivity index (χ3n) is 6.40. The first-order chi connectivity index (χ1) is 19.2. The van der Waals surface area contributed by atoms with Crippen molar-refractivity contribution in [3.63, 3.8) is 0 Å². The number of aromatic nitrogens is 2. The Morgan fingerprint density at radius 2 is 1.70 bits per heavy atom. The number of carbonyl (C=O) groups is 4. The number of carbonyl (C=O) groups excluding carboxylic acids is 4. The number of rotatable bonds is 4. The van der Waals surface area contributed by atoms with Crippen LogP contribution in [0.4, 0.5) is 0 Å². The van der Waals surface area contributed by atoms with Crippen molar-refractivity contribution in [3.05, 3.63) is 68.1 Å². The van der Waals surface area contributed by atoms with Crippen LogP contribution in [0.25, 0.3) is 0 Å². The average molecular weight is 584 g/mol. The van der Waals surface area contributed by atoms with Gasteiger partial charge in [-0.1, -0.05) is 44.2 Å². The SMILES string of the molecule is CC(C)[C@@H]1NC(=O)c2csc(n2)[C@H](Cc2ccccc2)NC(=O)CN(C(=O)CN)CCCNC(=O)c2csc1n2. The van der Waals surface area contributed by atoms with E-state index in [1.807, 2.05) is 44.2 Å². The maximum atomic E-state index is 13.2. The van der Waals surface area contributed by atoms with E-state index in [1.54, 1.807) is 10.8 Å². The number of fused-ring (bicyclic) bond motifs is 4. The molecule has 0 spiro atoms. The summed E-state index contributed by atoms with van der Waals surface area (Å²) < 4.78 is 0. The van der Waals surface area contributed by atoms with Gasteiger partial charge in [0, 0.05) is 23.8 Å². The maximum Gasteiger partial charge on any atom is 0.271 e. The molecule has 40 heavy (non-hydrogen) atoms. The molecule has 4 bridgehead atoms. The Morgan fingerprint density at radius 3 is 2.40 bits per heavy atom. The number of hydrogen-bond donors (Lipinski definition) is 4. The number of thiazole rings is 2. The number of nitrogens with two attached hydrogens (primary N) is 1. The van der Waals surface area contributed by atoms with Gasteiger partial charge in [-0.05, 0) is 24.3 Å². The third kappa shape index (κ3) is 7.49. The molecule has 212 valence electrons. The molecule has 4 rings (SSSR count). The van der Waals surface area contributed by atoms with E-state index < -0.39 is 12.1 Å². The van der Waals surface area contributed by atoms with Crippen molar-refractivity contribution >= 4 is 46.3 Å². The minimum absolute atomic E-state index is 0.00871. The van der Waals surface area contributed by atoms with E-state index in [0.29, 0.717) is 22.9 Å². The summed E-state index contributed by atoms with van der Waals surface area (Å²) in [5.74, 6) is -1.46. The first-order valence-electron chi connectivity index (χ1n) is 13.1. The Labute approximate surface area is 240 Å². The smallest absolute Gasteiger partial charge is 0.271 e. The highest BCUT2D eigenvalue weighted by atomic mass is 32.1. The normalized spacial score (nSPS) is 19.2. The van der Waals surface area contributed by atoms with Crippen molar-refractivity contribution in [1.82, 2.24) is 30.8 Å². The minimum atomic E-state index is -0.514. The van der Waals surface area contributed by atoms with Crippen molar-refractivity contribution in [2.24, 2.45) is 11.7 Å². The van der Waals surface area contributed by atoms with E-state index >= 15 is 0 Å². The lowest BCUT2D eigenvalue weighted by atomic mass is 10.0. The second kappa shape index (κ2) is 13.6. The molecule has 2 aromatic heterocycles. The topological polar surface area (TPSA) is 159 Å². The monoisotopic (exact) mass is 583 g/mol. The molecule has 2 atom stereocenters. The van der Waals surface area contributed by atoms with Crippen LogP contribution in [0.1, 0.15) is 68.9 Å². The van der Waals surface area contributed by atoms with Crippen molar-refractivity contribution < 1.29 is 19.2 Å². The summed E-state index contributed by atoms with van der Waals surface area (Å²) in [6, 6.07) is 8.72. The van der Waals surface area contributed by atoms with Gasteiger partial charge >= 0.3 is 0 Å². The van der Waals surface area contributed by atoms with Gasteiger partial charge in [-0.25, -0.2) is 9.97 Å². The van der Waals surface area contributed by atoms with Crippen LogP contribution < -0.4 is 21.7 Å². The molecule has 0 saturated carbocycles. The lowest BCUT2D eigenvalue weighted by molar-refractivity contribution is -0.135. The van der Waals surface area contributed by atoms with Gasteiger partial charge in [0.25, 0.3) is 11.8 Å². The van der Waals surface area contributed by atoms with Crippen LogP contribution >= 0.6 is 22.7 Å². The van der Waals surface area contributed by atoms with Gasteiger partial charge in [-0.15, -0.1) is 22.7 Å². The van der Waals surface area contributed by atoms with Gasteiger partial charge in [-0.3, -0.25) is 19.2 Å². The van der Waals surface area contributed by atoms with E-state index in [1.165, 1.54) is 27.6 Å². The summed E-state index contributed by atoms with van der Waals surface area (Å²) in [5, 5.41) is 13.3. The number of nitrogens with one attached hydrogen (secondary N) is 3. The average Bonchev–Trinajstić information content (AvgIpc) is 3.63. The molecule has 3 aromatic rings. The summed E-state index contributed by atoms with van der Waals surface area (Å²) in [5.41, 5.74) is 7.06. The van der Waals surface area contributed by atoms with E-state index in [9.17, 15) is 19.2 Å². The Balaban J connectivity index is 1.66. The second-order valence-corrected chi connectivity index (χ2v) is 11.6. The second-order valence-electron chi connectivity index (χ2n) is 9.78. The van der Waals surface area contributed by atoms with Crippen molar-refractivity contribution in [3.8, 4) is 0 Å². The van der Waals surface area contributed by atoms with Gasteiger partial charge in [-0.2, -0.15) is 0 Å². The van der Waals surface area contributed by atoms with E-state index in [-0.39, 0.29) is 67.1 Å². The van der Waals surface area contributed by atoms with Crippen LogP contribution in [-0.4, -0.2) is 64.7 Å². The van der Waals surface area contributed by atoms with E-state index in [0.717, 1.165) is 5.56 Å². The van der Waals surface area contributed by atoms with Gasteiger partial charge in [0.05, 0.1) is 25.2 Å². The summed E-state index contributed by atoms with van der Waals surface area (Å²) >= 11 is 2.59. The standard InChI is InChI=1S/C27H33N7O4S2/c1-16(2)23-27-32-19(14-40-27)24(37)29-9-6-10-34(22(36)12-28)13-21(35)30-18(11-17-7-4-3-5-8-17)26-31-20(15-39-26)25(38)33-23/h3-5,7-8,14-16,18,23H,6,9-13,28H2,1-2H3,(H,29,37)(H,30,35)(H,33,38)/t18-,23-/m0/s1. The Bertz CT molecular complexity index is 1340. The van der Waals surface area contributed by atoms with Crippen LogP contribution in [0.3, 0.4) is 0 Å². The van der Waals surface area contributed by atoms with Crippen LogP contribution in [-0.2, 0) is 16.0 Å². The van der Waals surface area contributed by atoms with Gasteiger partial charge in [0.15, 0.2) is 0 Å². The van der Waals surface area contributed by atoms with Crippen molar-refractivity contribution in [2.45, 2.75) is 38.8 Å². The minimum Gasteiger partial charge on any atom is -0.351 e. The van der Waals surface area contributed by atoms with Crippen LogP contribution in [0.5, 0.6) is 0 Å². The van der Waals surface area contributed by atoms with E-state index in [4.69, 9.17) is 5.73 Å². The highest BCUT2D eigenvalue weighted by Gasteiger charge is 2.27. The first kappa shape index (κ1) is 29.3. The molecule has 3 heterocycles. The van der Waals surface area contributed by atoms with Crippen molar-refractivity contribution in [2.75, 3.05) is 26.2 Å². The van der Waals surface area contributed by atoms with Crippen LogP contribution in [0, 0.1) is 5.92 Å². The van der Waals surface area contributed by atoms with Crippen molar-refractivity contribution in [1.29, 1.82) is 0 Å².